The number of allylic oxidation sites excluding steroid dienone is 2. The van der Waals surface area contributed by atoms with Crippen molar-refractivity contribution in [2.45, 2.75) is 47.0 Å². The van der Waals surface area contributed by atoms with E-state index in [1.54, 1.807) is 0 Å². The molecule has 3 aromatic rings. The van der Waals surface area contributed by atoms with Gasteiger partial charge in [-0.05, 0) is 44.2 Å². The van der Waals surface area contributed by atoms with Gasteiger partial charge in [0.15, 0.2) is 5.78 Å². The van der Waals surface area contributed by atoms with Crippen molar-refractivity contribution in [2.75, 3.05) is 0 Å². The molecule has 1 aromatic heterocycles. The molecule has 0 saturated carbocycles. The summed E-state index contributed by atoms with van der Waals surface area (Å²) in [6.45, 7) is 7.28. The Balaban J connectivity index is 0.000000350. The first-order valence-corrected chi connectivity index (χ1v) is 10.0. The Morgan fingerprint density at radius 3 is 2.50 bits per heavy atom. The number of ketones is 1. The maximum atomic E-state index is 10.0. The Morgan fingerprint density at radius 2 is 1.90 bits per heavy atom. The van der Waals surface area contributed by atoms with Gasteiger partial charge in [0, 0.05) is 37.9 Å². The molecule has 1 aliphatic rings. The number of aliphatic hydroxyl groups excluding tert-OH is 1. The van der Waals surface area contributed by atoms with Gasteiger partial charge in [-0.15, -0.1) is 29.7 Å². The Morgan fingerprint density at radius 1 is 1.20 bits per heavy atom. The third-order valence-corrected chi connectivity index (χ3v) is 4.64. The second kappa shape index (κ2) is 10.6. The standard InChI is InChI=1S/C20H19N2.C5H8O2.Ir/c1-13(2)11-14-12-21-19-17-9-5-3-7-15(17)16-8-4-6-10-18(16)20(19)22-14;1-4(6)3-5(2)7;/h3,5,7-8,10,12-13H,4,6,11H2,1-2H3;3,6H,1-2H3;/q-1;;. The molecular formula is C25H27IrN2O2-. The van der Waals surface area contributed by atoms with Crippen LogP contribution in [0.2, 0.25) is 0 Å². The average molecular weight is 580 g/mol. The smallest absolute Gasteiger partial charge is 0.155 e. The number of hydrogen-bond acceptors (Lipinski definition) is 4. The fourth-order valence-corrected chi connectivity index (χ4v) is 3.62. The first-order valence-electron chi connectivity index (χ1n) is 10.0. The van der Waals surface area contributed by atoms with Gasteiger partial charge in [0.2, 0.25) is 0 Å². The number of aliphatic hydroxyl groups is 1. The van der Waals surface area contributed by atoms with E-state index < -0.39 is 0 Å². The number of rotatable bonds is 3. The summed E-state index contributed by atoms with van der Waals surface area (Å²) in [4.78, 5) is 19.7. The molecule has 0 amide bonds. The van der Waals surface area contributed by atoms with Crippen LogP contribution < -0.4 is 10.4 Å². The van der Waals surface area contributed by atoms with E-state index in [2.05, 4.69) is 44.2 Å². The first kappa shape index (κ1) is 23.9. The van der Waals surface area contributed by atoms with Crippen LogP contribution in [0, 0.1) is 12.0 Å². The number of benzene rings is 2. The third-order valence-electron chi connectivity index (χ3n) is 4.64. The number of carbonyl (C=O) groups is 1. The van der Waals surface area contributed by atoms with E-state index in [1.165, 1.54) is 35.7 Å². The minimum atomic E-state index is -0.125. The Labute approximate surface area is 190 Å². The molecule has 0 aliphatic heterocycles. The van der Waals surface area contributed by atoms with Gasteiger partial charge in [0.25, 0.3) is 0 Å². The van der Waals surface area contributed by atoms with Crippen molar-refractivity contribution in [1.82, 2.24) is 9.97 Å². The third kappa shape index (κ3) is 5.62. The first-order chi connectivity index (χ1) is 13.9. The van der Waals surface area contributed by atoms with Gasteiger partial charge in [0.05, 0.1) is 17.0 Å². The van der Waals surface area contributed by atoms with Crippen LogP contribution in [0.5, 0.6) is 0 Å². The molecule has 4 nitrogen and oxygen atoms in total. The minimum Gasteiger partial charge on any atom is -0.512 e. The Bertz CT molecular complexity index is 1210. The van der Waals surface area contributed by atoms with Crippen LogP contribution in [0.1, 0.15) is 46.2 Å². The van der Waals surface area contributed by atoms with Gasteiger partial charge in [-0.25, -0.2) is 0 Å². The topological polar surface area (TPSA) is 63.1 Å². The molecule has 1 radical (unpaired) electrons. The molecule has 1 heterocycles. The second-order valence-electron chi connectivity index (χ2n) is 7.82. The van der Waals surface area contributed by atoms with Crippen LogP contribution >= 0.6 is 0 Å². The molecule has 4 rings (SSSR count). The summed E-state index contributed by atoms with van der Waals surface area (Å²) in [5, 5.41) is 13.3. The molecule has 0 spiro atoms. The summed E-state index contributed by atoms with van der Waals surface area (Å²) < 4.78 is 0. The summed E-state index contributed by atoms with van der Waals surface area (Å²) in [6.07, 6.45) is 10.9. The molecule has 1 aliphatic carbocycles. The van der Waals surface area contributed by atoms with Gasteiger partial charge < -0.3 is 10.1 Å². The summed E-state index contributed by atoms with van der Waals surface area (Å²) in [7, 11) is 0. The predicted octanol–water partition coefficient (Wildman–Crippen LogP) is 4.17. The van der Waals surface area contributed by atoms with E-state index in [-0.39, 0.29) is 31.6 Å². The van der Waals surface area contributed by atoms with Crippen molar-refractivity contribution in [3.05, 3.63) is 58.4 Å². The number of carbonyl (C=O) groups excluding carboxylic acids is 1. The van der Waals surface area contributed by atoms with Gasteiger partial charge in [-0.3, -0.25) is 9.78 Å². The van der Waals surface area contributed by atoms with Gasteiger partial charge >= 0.3 is 0 Å². The fourth-order valence-electron chi connectivity index (χ4n) is 3.62. The minimum absolute atomic E-state index is 0. The molecule has 30 heavy (non-hydrogen) atoms. The van der Waals surface area contributed by atoms with Gasteiger partial charge in [-0.2, -0.15) is 0 Å². The van der Waals surface area contributed by atoms with E-state index >= 15 is 0 Å². The van der Waals surface area contributed by atoms with Crippen LogP contribution in [-0.4, -0.2) is 20.9 Å². The van der Waals surface area contributed by atoms with E-state index in [4.69, 9.17) is 15.1 Å². The van der Waals surface area contributed by atoms with E-state index in [1.807, 2.05) is 12.3 Å². The SMILES string of the molecule is CC(=O)C=C(C)O.CC(C)Cc1cnc2c(n1)c1c(c3ccc[c-]c32)=CCCC=1.[Ir]. The molecule has 2 aromatic carbocycles. The molecule has 0 fully saturated rings. The fraction of sp³-hybridized carbons (Fsp3) is 0.320. The normalized spacial score (nSPS) is 12.9. The van der Waals surface area contributed by atoms with Crippen LogP contribution in [0.25, 0.3) is 34.0 Å². The van der Waals surface area contributed by atoms with Crippen LogP contribution in [0.15, 0.2) is 36.2 Å². The largest absolute Gasteiger partial charge is 0.512 e. The predicted molar refractivity (Wildman–Crippen MR) is 119 cm³/mol. The number of aromatic nitrogens is 2. The summed E-state index contributed by atoms with van der Waals surface area (Å²) in [5.41, 5.74) is 3.10. The Hall–Kier alpha value is -2.36. The molecule has 0 saturated heterocycles. The van der Waals surface area contributed by atoms with E-state index in [0.717, 1.165) is 41.4 Å². The quantitative estimate of drug-likeness (QED) is 0.219. The van der Waals surface area contributed by atoms with Crippen molar-refractivity contribution in [3.63, 3.8) is 0 Å². The molecule has 0 unspecified atom stereocenters. The van der Waals surface area contributed by atoms with Crippen molar-refractivity contribution >= 4 is 39.7 Å². The summed E-state index contributed by atoms with van der Waals surface area (Å²) >= 11 is 0. The number of hydrogen-bond donors (Lipinski definition) is 1. The zero-order chi connectivity index (χ0) is 21.0. The summed E-state index contributed by atoms with van der Waals surface area (Å²) in [5.74, 6) is 0.526. The number of nitrogens with zero attached hydrogens (tertiary/aromatic N) is 2. The van der Waals surface area contributed by atoms with Crippen molar-refractivity contribution in [2.24, 2.45) is 5.92 Å². The van der Waals surface area contributed by atoms with Crippen LogP contribution in [0.4, 0.5) is 0 Å². The molecule has 0 bridgehead atoms. The van der Waals surface area contributed by atoms with E-state index in [0.29, 0.717) is 5.92 Å². The van der Waals surface area contributed by atoms with Crippen LogP contribution in [-0.2, 0) is 31.3 Å². The summed E-state index contributed by atoms with van der Waals surface area (Å²) in [6, 6.07) is 9.55. The van der Waals surface area contributed by atoms with Gasteiger partial charge in [-0.1, -0.05) is 36.6 Å². The van der Waals surface area contributed by atoms with Crippen molar-refractivity contribution in [3.8, 4) is 0 Å². The number of fused-ring (bicyclic) bond motifs is 6. The van der Waals surface area contributed by atoms with Crippen molar-refractivity contribution < 1.29 is 30.0 Å². The zero-order valence-electron chi connectivity index (χ0n) is 17.8. The Kier molecular flexibility index (Phi) is 8.45. The molecule has 1 N–H and O–H groups in total. The van der Waals surface area contributed by atoms with E-state index in [9.17, 15) is 4.79 Å². The zero-order valence-corrected chi connectivity index (χ0v) is 20.2. The van der Waals surface area contributed by atoms with Gasteiger partial charge in [0.1, 0.15) is 0 Å². The molecule has 5 heteroatoms. The average Bonchev–Trinajstić information content (AvgIpc) is 2.67. The molecule has 159 valence electrons. The maximum Gasteiger partial charge on any atom is 0.155 e. The maximum absolute atomic E-state index is 10.0. The monoisotopic (exact) mass is 580 g/mol. The molecular weight excluding hydrogens is 553 g/mol. The van der Waals surface area contributed by atoms with Crippen LogP contribution in [0.3, 0.4) is 0 Å². The second-order valence-corrected chi connectivity index (χ2v) is 7.82. The molecule has 0 atom stereocenters. The van der Waals surface area contributed by atoms with Crippen molar-refractivity contribution in [1.29, 1.82) is 0 Å².